The Kier molecular flexibility index (Phi) is 12.7. The quantitative estimate of drug-likeness (QED) is 0.504. The van der Waals surface area contributed by atoms with E-state index in [-0.39, 0.29) is 6.54 Å². The maximum absolute atomic E-state index is 11.0. The molecule has 0 unspecified atom stereocenters. The number of amides is 1. The monoisotopic (exact) mass is 201 g/mol. The molecular weight excluding hydrogens is 182 g/mol. The van der Waals surface area contributed by atoms with Gasteiger partial charge in [0.1, 0.15) is 6.29 Å². The van der Waals surface area contributed by atoms with Crippen LogP contribution in [0, 0.1) is 0 Å². The molecule has 0 aromatic carbocycles. The summed E-state index contributed by atoms with van der Waals surface area (Å²) in [6, 6.07) is 0. The van der Waals surface area contributed by atoms with Crippen molar-refractivity contribution in [1.82, 2.24) is 4.90 Å². The first-order valence-electron chi connectivity index (χ1n) is 4.72. The Hall–Kier alpha value is -1.32. The molecular formula is C10H19NO3. The smallest absolute Gasteiger partial charge is 0.410 e. The maximum atomic E-state index is 11.0. The van der Waals surface area contributed by atoms with Gasteiger partial charge < -0.3 is 9.53 Å². The summed E-state index contributed by atoms with van der Waals surface area (Å²) in [4.78, 5) is 22.4. The van der Waals surface area contributed by atoms with Gasteiger partial charge in [0.2, 0.25) is 0 Å². The van der Waals surface area contributed by atoms with Gasteiger partial charge in [0, 0.05) is 6.54 Å². The third kappa shape index (κ3) is 7.34. The van der Waals surface area contributed by atoms with Gasteiger partial charge in [-0.2, -0.15) is 0 Å². The Morgan fingerprint density at radius 3 is 2.36 bits per heavy atom. The van der Waals surface area contributed by atoms with E-state index in [4.69, 9.17) is 0 Å². The normalized spacial score (nSPS) is 7.93. The second-order valence-corrected chi connectivity index (χ2v) is 2.06. The van der Waals surface area contributed by atoms with Crippen LogP contribution in [-0.2, 0) is 9.53 Å². The molecule has 0 bridgehead atoms. The van der Waals surface area contributed by atoms with E-state index >= 15 is 0 Å². The Morgan fingerprint density at radius 1 is 1.43 bits per heavy atom. The van der Waals surface area contributed by atoms with Crippen LogP contribution in [0.2, 0.25) is 0 Å². The minimum Gasteiger partial charge on any atom is -0.450 e. The van der Waals surface area contributed by atoms with E-state index in [0.717, 1.165) is 0 Å². The lowest BCUT2D eigenvalue weighted by Crippen LogP contribution is -2.33. The van der Waals surface area contributed by atoms with Crippen molar-refractivity contribution in [2.75, 3.05) is 19.7 Å². The molecule has 0 saturated carbocycles. The summed E-state index contributed by atoms with van der Waals surface area (Å²) in [5.74, 6) is 0. The van der Waals surface area contributed by atoms with Crippen molar-refractivity contribution in [2.24, 2.45) is 0 Å². The van der Waals surface area contributed by atoms with Crippen molar-refractivity contribution >= 4 is 12.4 Å². The van der Waals surface area contributed by atoms with Crippen LogP contribution >= 0.6 is 0 Å². The molecule has 82 valence electrons. The van der Waals surface area contributed by atoms with Crippen LogP contribution in [0.1, 0.15) is 20.8 Å². The Balaban J connectivity index is 0. The second kappa shape index (κ2) is 11.7. The molecule has 0 aromatic rings. The second-order valence-electron chi connectivity index (χ2n) is 2.06. The molecule has 0 aliphatic heterocycles. The van der Waals surface area contributed by atoms with Crippen LogP contribution in [0.15, 0.2) is 12.7 Å². The van der Waals surface area contributed by atoms with E-state index in [1.54, 1.807) is 13.0 Å². The lowest BCUT2D eigenvalue weighted by Gasteiger charge is -2.16. The van der Waals surface area contributed by atoms with Gasteiger partial charge in [-0.3, -0.25) is 4.90 Å². The predicted octanol–water partition coefficient (Wildman–Crippen LogP) is 1.86. The van der Waals surface area contributed by atoms with Gasteiger partial charge in [-0.05, 0) is 6.92 Å². The van der Waals surface area contributed by atoms with Gasteiger partial charge in [0.05, 0.1) is 13.2 Å². The minimum atomic E-state index is -0.482. The van der Waals surface area contributed by atoms with Crippen LogP contribution in [-0.4, -0.2) is 37.0 Å². The number of ether oxygens (including phenoxy) is 1. The topological polar surface area (TPSA) is 46.6 Å². The molecule has 0 saturated heterocycles. The van der Waals surface area contributed by atoms with Crippen molar-refractivity contribution in [3.05, 3.63) is 12.7 Å². The fourth-order valence-electron chi connectivity index (χ4n) is 0.684. The van der Waals surface area contributed by atoms with Gasteiger partial charge in [-0.1, -0.05) is 19.9 Å². The van der Waals surface area contributed by atoms with Crippen LogP contribution in [0.4, 0.5) is 4.79 Å². The molecule has 0 radical (unpaired) electrons. The average Bonchev–Trinajstić information content (AvgIpc) is 2.21. The largest absolute Gasteiger partial charge is 0.450 e. The number of carbonyl (C=O) groups is 2. The number of nitrogens with zero attached hydrogens (tertiary/aromatic N) is 1. The number of rotatable bonds is 5. The summed E-state index contributed by atoms with van der Waals surface area (Å²) in [5.41, 5.74) is 0. The number of hydrogen-bond acceptors (Lipinski definition) is 3. The molecule has 0 aromatic heterocycles. The molecule has 4 heteroatoms. The first-order valence-corrected chi connectivity index (χ1v) is 4.72. The van der Waals surface area contributed by atoms with Crippen molar-refractivity contribution in [2.45, 2.75) is 20.8 Å². The van der Waals surface area contributed by atoms with E-state index in [9.17, 15) is 9.59 Å². The van der Waals surface area contributed by atoms with Crippen LogP contribution < -0.4 is 0 Å². The van der Waals surface area contributed by atoms with Crippen molar-refractivity contribution in [3.63, 3.8) is 0 Å². The van der Waals surface area contributed by atoms with Crippen molar-refractivity contribution < 1.29 is 14.3 Å². The van der Waals surface area contributed by atoms with Gasteiger partial charge in [-0.15, -0.1) is 6.58 Å². The van der Waals surface area contributed by atoms with Crippen LogP contribution in [0.25, 0.3) is 0 Å². The van der Waals surface area contributed by atoms with Gasteiger partial charge in [0.15, 0.2) is 0 Å². The molecule has 1 amide bonds. The zero-order valence-corrected chi connectivity index (χ0v) is 9.16. The van der Waals surface area contributed by atoms with E-state index in [2.05, 4.69) is 11.3 Å². The molecule has 0 rings (SSSR count). The van der Waals surface area contributed by atoms with Crippen molar-refractivity contribution in [3.8, 4) is 0 Å². The third-order valence-electron chi connectivity index (χ3n) is 1.17. The van der Waals surface area contributed by atoms with Gasteiger partial charge >= 0.3 is 6.09 Å². The predicted molar refractivity (Wildman–Crippen MR) is 56.2 cm³/mol. The Morgan fingerprint density at radius 2 is 2.00 bits per heavy atom. The lowest BCUT2D eigenvalue weighted by atomic mass is 10.5. The minimum absolute atomic E-state index is 0.0465. The molecule has 14 heavy (non-hydrogen) atoms. The highest BCUT2D eigenvalue weighted by Gasteiger charge is 2.10. The summed E-state index contributed by atoms with van der Waals surface area (Å²) >= 11 is 0. The Labute approximate surface area is 85.5 Å². The highest BCUT2D eigenvalue weighted by Crippen LogP contribution is 1.92. The maximum Gasteiger partial charge on any atom is 0.410 e. The average molecular weight is 201 g/mol. The number of aldehydes is 1. The first-order chi connectivity index (χ1) is 6.76. The SMILES string of the molecule is C=CCN(CC=O)C(=O)OCC.CC. The zero-order chi connectivity index (χ0) is 11.4. The summed E-state index contributed by atoms with van der Waals surface area (Å²) in [6.45, 7) is 9.86. The van der Waals surface area contributed by atoms with E-state index in [1.807, 2.05) is 13.8 Å². The van der Waals surface area contributed by atoms with Crippen molar-refractivity contribution in [1.29, 1.82) is 0 Å². The molecule has 0 N–H and O–H groups in total. The van der Waals surface area contributed by atoms with Crippen LogP contribution in [0.5, 0.6) is 0 Å². The molecule has 0 aliphatic rings. The number of hydrogen-bond donors (Lipinski definition) is 0. The van der Waals surface area contributed by atoms with E-state index in [0.29, 0.717) is 19.4 Å². The molecule has 4 nitrogen and oxygen atoms in total. The van der Waals surface area contributed by atoms with Crippen LogP contribution in [0.3, 0.4) is 0 Å². The highest BCUT2D eigenvalue weighted by atomic mass is 16.6. The molecule has 0 atom stereocenters. The Bertz CT molecular complexity index is 159. The molecule has 0 heterocycles. The summed E-state index contributed by atoms with van der Waals surface area (Å²) in [6.07, 6.45) is 1.71. The summed E-state index contributed by atoms with van der Waals surface area (Å²) in [7, 11) is 0. The highest BCUT2D eigenvalue weighted by molar-refractivity contribution is 5.71. The standard InChI is InChI=1S/C8H13NO3.C2H6/c1-3-5-9(6-7-10)8(11)12-4-2;1-2/h3,7H,1,4-6H2,2H3;1-2H3. The molecule has 0 fully saturated rings. The summed E-state index contributed by atoms with van der Waals surface area (Å²) < 4.78 is 4.69. The van der Waals surface area contributed by atoms with Gasteiger partial charge in [-0.25, -0.2) is 4.79 Å². The van der Waals surface area contributed by atoms with E-state index in [1.165, 1.54) is 4.90 Å². The van der Waals surface area contributed by atoms with E-state index < -0.39 is 6.09 Å². The fourth-order valence-corrected chi connectivity index (χ4v) is 0.684. The van der Waals surface area contributed by atoms with Gasteiger partial charge in [0.25, 0.3) is 0 Å². The molecule has 0 spiro atoms. The number of carbonyl (C=O) groups excluding carboxylic acids is 2. The first kappa shape index (κ1) is 15.2. The molecule has 0 aliphatic carbocycles. The lowest BCUT2D eigenvalue weighted by molar-refractivity contribution is -0.108. The third-order valence-corrected chi connectivity index (χ3v) is 1.17. The summed E-state index contributed by atoms with van der Waals surface area (Å²) in [5, 5.41) is 0. The zero-order valence-electron chi connectivity index (χ0n) is 9.16. The fraction of sp³-hybridized carbons (Fsp3) is 0.600.